The van der Waals surface area contributed by atoms with Crippen LogP contribution in [-0.2, 0) is 14.8 Å². The van der Waals surface area contributed by atoms with Gasteiger partial charge in [-0.1, -0.05) is 12.2 Å². The highest BCUT2D eigenvalue weighted by atomic mass is 32.2. The first-order valence-corrected chi connectivity index (χ1v) is 8.34. The van der Waals surface area contributed by atoms with E-state index in [0.717, 1.165) is 24.8 Å². The zero-order valence-electron chi connectivity index (χ0n) is 11.4. The highest BCUT2D eigenvalue weighted by Gasteiger charge is 2.31. The van der Waals surface area contributed by atoms with Crippen molar-refractivity contribution in [1.29, 1.82) is 0 Å². The second kappa shape index (κ2) is 6.01. The molecule has 0 aromatic carbocycles. The van der Waals surface area contributed by atoms with Crippen LogP contribution in [0.2, 0.25) is 0 Å². The molecule has 2 rings (SSSR count). The van der Waals surface area contributed by atoms with Crippen LogP contribution < -0.4 is 0 Å². The number of sulfonamides is 1. The Balaban J connectivity index is 2.26. The van der Waals surface area contributed by atoms with E-state index in [1.54, 1.807) is 11.2 Å². The van der Waals surface area contributed by atoms with Crippen molar-refractivity contribution < 1.29 is 13.2 Å². The second-order valence-electron chi connectivity index (χ2n) is 5.20. The minimum atomic E-state index is -3.31. The third kappa shape index (κ3) is 3.34. The molecule has 0 bridgehead atoms. The number of hydrogen-bond acceptors (Lipinski definition) is 3. The molecular formula is C14H21NO3S. The molecule has 0 atom stereocenters. The van der Waals surface area contributed by atoms with Crippen LogP contribution in [0, 0.1) is 0 Å². The van der Waals surface area contributed by atoms with Crippen molar-refractivity contribution in [3.8, 4) is 0 Å². The van der Waals surface area contributed by atoms with Crippen LogP contribution in [-0.4, -0.2) is 31.6 Å². The Bertz CT molecular complexity index is 511. The second-order valence-corrected chi connectivity index (χ2v) is 7.16. The molecule has 0 saturated carbocycles. The lowest BCUT2D eigenvalue weighted by Gasteiger charge is -2.22. The number of hydrogen-bond donors (Lipinski definition) is 0. The number of carbonyl (C=O) groups is 1. The number of allylic oxidation sites excluding steroid dienone is 4. The molecule has 0 unspecified atom stereocenters. The first kappa shape index (κ1) is 14.5. The van der Waals surface area contributed by atoms with Crippen molar-refractivity contribution in [1.82, 2.24) is 4.31 Å². The standard InChI is InChI=1S/C14H21NO3S/c1-12(16)8-9-13-6-2-3-7-14(13)19(17,18)15-10-4-5-11-15/h2,6H,3-5,7-11H2,1H3. The number of rotatable bonds is 5. The topological polar surface area (TPSA) is 54.5 Å². The van der Waals surface area contributed by atoms with Gasteiger partial charge in [0.25, 0.3) is 0 Å². The molecule has 1 aliphatic carbocycles. The van der Waals surface area contributed by atoms with Gasteiger partial charge >= 0.3 is 0 Å². The minimum Gasteiger partial charge on any atom is -0.300 e. The summed E-state index contributed by atoms with van der Waals surface area (Å²) in [6.07, 6.45) is 8.07. The molecule has 2 aliphatic rings. The van der Waals surface area contributed by atoms with Gasteiger partial charge in [0.2, 0.25) is 10.0 Å². The van der Waals surface area contributed by atoms with Crippen LogP contribution in [0.1, 0.15) is 45.4 Å². The predicted molar refractivity (Wildman–Crippen MR) is 75.0 cm³/mol. The monoisotopic (exact) mass is 283 g/mol. The number of Topliss-reactive ketones (excluding diaryl/α,β-unsaturated/α-hetero) is 1. The highest BCUT2D eigenvalue weighted by Crippen LogP contribution is 2.30. The Morgan fingerprint density at radius 3 is 2.63 bits per heavy atom. The van der Waals surface area contributed by atoms with E-state index in [-0.39, 0.29) is 5.78 Å². The van der Waals surface area contributed by atoms with Gasteiger partial charge < -0.3 is 4.79 Å². The first-order chi connectivity index (χ1) is 9.01. The van der Waals surface area contributed by atoms with Crippen molar-refractivity contribution in [2.75, 3.05) is 13.1 Å². The zero-order valence-corrected chi connectivity index (χ0v) is 12.2. The summed E-state index contributed by atoms with van der Waals surface area (Å²) in [6.45, 7) is 2.81. The minimum absolute atomic E-state index is 0.101. The van der Waals surface area contributed by atoms with Crippen LogP contribution in [0.5, 0.6) is 0 Å². The molecule has 19 heavy (non-hydrogen) atoms. The van der Waals surface area contributed by atoms with Gasteiger partial charge in [0.15, 0.2) is 0 Å². The van der Waals surface area contributed by atoms with E-state index in [4.69, 9.17) is 0 Å². The molecule has 1 aliphatic heterocycles. The normalized spacial score (nSPS) is 21.1. The van der Waals surface area contributed by atoms with E-state index < -0.39 is 10.0 Å². The van der Waals surface area contributed by atoms with Gasteiger partial charge in [-0.3, -0.25) is 0 Å². The molecule has 0 spiro atoms. The fourth-order valence-electron chi connectivity index (χ4n) is 2.61. The Hall–Kier alpha value is -0.940. The highest BCUT2D eigenvalue weighted by molar-refractivity contribution is 7.93. The molecule has 0 aromatic heterocycles. The lowest BCUT2D eigenvalue weighted by atomic mass is 10.0. The molecule has 0 aromatic rings. The van der Waals surface area contributed by atoms with Crippen molar-refractivity contribution >= 4 is 15.8 Å². The largest absolute Gasteiger partial charge is 0.300 e. The van der Waals surface area contributed by atoms with E-state index >= 15 is 0 Å². The van der Waals surface area contributed by atoms with Crippen LogP contribution in [0.25, 0.3) is 0 Å². The van der Waals surface area contributed by atoms with E-state index in [1.165, 1.54) is 0 Å². The quantitative estimate of drug-likeness (QED) is 0.778. The average molecular weight is 283 g/mol. The molecule has 0 radical (unpaired) electrons. The molecule has 0 amide bonds. The van der Waals surface area contributed by atoms with Gasteiger partial charge in [0.05, 0.1) is 4.91 Å². The van der Waals surface area contributed by atoms with Gasteiger partial charge in [0.1, 0.15) is 5.78 Å². The van der Waals surface area contributed by atoms with Crippen molar-refractivity contribution in [2.45, 2.75) is 45.4 Å². The van der Waals surface area contributed by atoms with Crippen LogP contribution >= 0.6 is 0 Å². The van der Waals surface area contributed by atoms with Gasteiger partial charge in [-0.25, -0.2) is 8.42 Å². The SMILES string of the molecule is CC(=O)CCC1=C(S(=O)(=O)N2CCCC2)CCC=C1. The maximum Gasteiger partial charge on any atom is 0.239 e. The van der Waals surface area contributed by atoms with E-state index in [9.17, 15) is 13.2 Å². The molecule has 0 N–H and O–H groups in total. The molecule has 1 saturated heterocycles. The predicted octanol–water partition coefficient (Wildman–Crippen LogP) is 2.39. The average Bonchev–Trinajstić information content (AvgIpc) is 2.91. The fourth-order valence-corrected chi connectivity index (χ4v) is 4.53. The van der Waals surface area contributed by atoms with Gasteiger partial charge in [-0.15, -0.1) is 0 Å². The summed E-state index contributed by atoms with van der Waals surface area (Å²) in [5, 5.41) is 0. The smallest absolute Gasteiger partial charge is 0.239 e. The Kier molecular flexibility index (Phi) is 4.58. The fraction of sp³-hybridized carbons (Fsp3) is 0.643. The summed E-state index contributed by atoms with van der Waals surface area (Å²) in [7, 11) is -3.31. The third-order valence-electron chi connectivity index (χ3n) is 3.68. The van der Waals surface area contributed by atoms with Crippen LogP contribution in [0.4, 0.5) is 0 Å². The molecule has 5 heteroatoms. The summed E-state index contributed by atoms with van der Waals surface area (Å²) in [5.41, 5.74) is 0.827. The first-order valence-electron chi connectivity index (χ1n) is 6.90. The number of carbonyl (C=O) groups excluding carboxylic acids is 1. The zero-order chi connectivity index (χ0) is 13.9. The maximum atomic E-state index is 12.6. The van der Waals surface area contributed by atoms with Crippen molar-refractivity contribution in [2.24, 2.45) is 0 Å². The van der Waals surface area contributed by atoms with Gasteiger partial charge in [-0.05, 0) is 44.6 Å². The maximum absolute atomic E-state index is 12.6. The summed E-state index contributed by atoms with van der Waals surface area (Å²) in [4.78, 5) is 11.6. The summed E-state index contributed by atoms with van der Waals surface area (Å²) < 4.78 is 26.8. The Morgan fingerprint density at radius 1 is 1.32 bits per heavy atom. The summed E-state index contributed by atoms with van der Waals surface area (Å²) in [5.74, 6) is 0.101. The summed E-state index contributed by atoms with van der Waals surface area (Å²) >= 11 is 0. The number of nitrogens with zero attached hydrogens (tertiary/aromatic N) is 1. The molecule has 4 nitrogen and oxygen atoms in total. The van der Waals surface area contributed by atoms with Gasteiger partial charge in [0, 0.05) is 19.5 Å². The molecular weight excluding hydrogens is 262 g/mol. The van der Waals surface area contributed by atoms with E-state index in [2.05, 4.69) is 0 Å². The van der Waals surface area contributed by atoms with Gasteiger partial charge in [-0.2, -0.15) is 4.31 Å². The van der Waals surface area contributed by atoms with Crippen LogP contribution in [0.3, 0.4) is 0 Å². The molecule has 106 valence electrons. The van der Waals surface area contributed by atoms with E-state index in [1.807, 2.05) is 12.2 Å². The van der Waals surface area contributed by atoms with E-state index in [0.29, 0.717) is 37.3 Å². The van der Waals surface area contributed by atoms with Crippen molar-refractivity contribution in [3.63, 3.8) is 0 Å². The lowest BCUT2D eigenvalue weighted by Crippen LogP contribution is -2.30. The number of ketones is 1. The molecule has 1 fully saturated rings. The lowest BCUT2D eigenvalue weighted by molar-refractivity contribution is -0.116. The Morgan fingerprint density at radius 2 is 2.00 bits per heavy atom. The Labute approximate surface area is 115 Å². The van der Waals surface area contributed by atoms with Crippen molar-refractivity contribution in [3.05, 3.63) is 22.6 Å². The third-order valence-corrected chi connectivity index (χ3v) is 5.81. The van der Waals surface area contributed by atoms with Crippen LogP contribution in [0.15, 0.2) is 22.6 Å². The molecule has 1 heterocycles. The summed E-state index contributed by atoms with van der Waals surface area (Å²) in [6, 6.07) is 0.